The molecule has 0 heterocycles. The molecule has 38 heavy (non-hydrogen) atoms. The molecular formula is C33H49NO4. The van der Waals surface area contributed by atoms with Gasteiger partial charge in [0.15, 0.2) is 0 Å². The molecular weight excluding hydrogens is 474 g/mol. The van der Waals surface area contributed by atoms with Crippen molar-refractivity contribution in [2.45, 2.75) is 111 Å². The Balaban J connectivity index is 1.63. The zero-order valence-corrected chi connectivity index (χ0v) is 24.0. The summed E-state index contributed by atoms with van der Waals surface area (Å²) in [4.78, 5) is 25.2. The fraction of sp³-hybridized carbons (Fsp3) is 0.576. The molecule has 0 saturated heterocycles. The number of amides is 1. The van der Waals surface area contributed by atoms with Gasteiger partial charge in [0, 0.05) is 26.1 Å². The molecule has 0 saturated carbocycles. The summed E-state index contributed by atoms with van der Waals surface area (Å²) in [5.74, 6) is 0.566. The lowest BCUT2D eigenvalue weighted by molar-refractivity contribution is -0.142. The summed E-state index contributed by atoms with van der Waals surface area (Å²) in [5.41, 5.74) is 2.83. The van der Waals surface area contributed by atoms with E-state index in [-0.39, 0.29) is 18.5 Å². The van der Waals surface area contributed by atoms with Crippen LogP contribution in [0, 0.1) is 0 Å². The lowest BCUT2D eigenvalue weighted by Crippen LogP contribution is -2.30. The van der Waals surface area contributed by atoms with Crippen LogP contribution in [-0.4, -0.2) is 25.0 Å². The molecule has 0 fully saturated rings. The van der Waals surface area contributed by atoms with Gasteiger partial charge in [-0.25, -0.2) is 0 Å². The highest BCUT2D eigenvalue weighted by molar-refractivity contribution is 5.91. The van der Waals surface area contributed by atoms with Crippen molar-refractivity contribution in [2.24, 2.45) is 0 Å². The predicted molar refractivity (Wildman–Crippen MR) is 157 cm³/mol. The molecule has 2 aromatic rings. The number of anilines is 1. The SMILES string of the molecule is CCCCCCCCCCCCCCOc1ccc(CCN(C(C)=O)c2cccc(COC(C)=O)c2)cc1. The van der Waals surface area contributed by atoms with Crippen LogP contribution >= 0.6 is 0 Å². The zero-order chi connectivity index (χ0) is 27.4. The first-order valence-corrected chi connectivity index (χ1v) is 14.7. The maximum Gasteiger partial charge on any atom is 0.302 e. The van der Waals surface area contributed by atoms with E-state index >= 15 is 0 Å². The van der Waals surface area contributed by atoms with Crippen molar-refractivity contribution < 1.29 is 19.1 Å². The van der Waals surface area contributed by atoms with Crippen LogP contribution in [0.1, 0.15) is 109 Å². The molecule has 2 aromatic carbocycles. The molecule has 0 N–H and O–H groups in total. The third-order valence-electron chi connectivity index (χ3n) is 6.86. The molecule has 0 aliphatic heterocycles. The van der Waals surface area contributed by atoms with E-state index in [1.165, 1.54) is 77.6 Å². The second-order valence-corrected chi connectivity index (χ2v) is 10.3. The standard InChI is InChI=1S/C33H49NO4/c1-4-5-6-7-8-9-10-11-12-13-14-15-25-37-33-21-19-30(20-22-33)23-24-34(28(2)35)32-18-16-17-31(26-32)27-38-29(3)36/h16-22,26H,4-15,23-25,27H2,1-3H3. The number of unbranched alkanes of at least 4 members (excludes halogenated alkanes) is 11. The van der Waals surface area contributed by atoms with E-state index < -0.39 is 0 Å². The highest BCUT2D eigenvalue weighted by Gasteiger charge is 2.12. The minimum atomic E-state index is -0.319. The van der Waals surface area contributed by atoms with Crippen molar-refractivity contribution in [3.8, 4) is 5.75 Å². The van der Waals surface area contributed by atoms with E-state index in [2.05, 4.69) is 19.1 Å². The summed E-state index contributed by atoms with van der Waals surface area (Å²) in [6.07, 6.45) is 16.8. The first-order valence-electron chi connectivity index (χ1n) is 14.7. The number of nitrogens with zero attached hydrogens (tertiary/aromatic N) is 1. The summed E-state index contributed by atoms with van der Waals surface area (Å²) in [6, 6.07) is 15.8. The minimum absolute atomic E-state index is 0.0167. The number of carbonyl (C=O) groups excluding carboxylic acids is 2. The van der Waals surface area contributed by atoms with E-state index in [0.717, 1.165) is 42.0 Å². The number of rotatable bonds is 20. The summed E-state index contributed by atoms with van der Waals surface area (Å²) < 4.78 is 11.0. The Morgan fingerprint density at radius 3 is 1.92 bits per heavy atom. The molecule has 0 aliphatic carbocycles. The van der Waals surface area contributed by atoms with Gasteiger partial charge in [0.25, 0.3) is 0 Å². The molecule has 0 spiro atoms. The fourth-order valence-corrected chi connectivity index (χ4v) is 4.59. The predicted octanol–water partition coefficient (Wildman–Crippen LogP) is 8.43. The molecule has 5 nitrogen and oxygen atoms in total. The van der Waals surface area contributed by atoms with E-state index in [1.54, 1.807) is 11.8 Å². The number of carbonyl (C=O) groups is 2. The van der Waals surface area contributed by atoms with Gasteiger partial charge in [0.2, 0.25) is 5.91 Å². The highest BCUT2D eigenvalue weighted by atomic mass is 16.5. The van der Waals surface area contributed by atoms with E-state index in [9.17, 15) is 9.59 Å². The molecule has 210 valence electrons. The first kappa shape index (κ1) is 31.4. The lowest BCUT2D eigenvalue weighted by atomic mass is 10.1. The van der Waals surface area contributed by atoms with Gasteiger partial charge in [0.1, 0.15) is 12.4 Å². The number of benzene rings is 2. The summed E-state index contributed by atoms with van der Waals surface area (Å²) in [6.45, 7) is 6.78. The topological polar surface area (TPSA) is 55.8 Å². The van der Waals surface area contributed by atoms with Crippen molar-refractivity contribution in [1.82, 2.24) is 0 Å². The van der Waals surface area contributed by atoms with Crippen LogP contribution in [-0.2, 0) is 27.4 Å². The largest absolute Gasteiger partial charge is 0.494 e. The third-order valence-corrected chi connectivity index (χ3v) is 6.86. The summed E-state index contributed by atoms with van der Waals surface area (Å²) in [7, 11) is 0. The summed E-state index contributed by atoms with van der Waals surface area (Å²) >= 11 is 0. The number of hydrogen-bond acceptors (Lipinski definition) is 4. The van der Waals surface area contributed by atoms with Gasteiger partial charge in [-0.05, 0) is 48.2 Å². The van der Waals surface area contributed by atoms with Crippen molar-refractivity contribution in [1.29, 1.82) is 0 Å². The van der Waals surface area contributed by atoms with Crippen molar-refractivity contribution in [2.75, 3.05) is 18.1 Å². The average molecular weight is 524 g/mol. The van der Waals surface area contributed by atoms with E-state index in [0.29, 0.717) is 6.54 Å². The molecule has 0 aromatic heterocycles. The number of ether oxygens (including phenoxy) is 2. The quantitative estimate of drug-likeness (QED) is 0.129. The van der Waals surface area contributed by atoms with Crippen LogP contribution < -0.4 is 9.64 Å². The normalized spacial score (nSPS) is 10.8. The van der Waals surface area contributed by atoms with E-state index in [4.69, 9.17) is 9.47 Å². The van der Waals surface area contributed by atoms with Gasteiger partial charge in [-0.1, -0.05) is 102 Å². The van der Waals surface area contributed by atoms with Crippen molar-refractivity contribution in [3.05, 3.63) is 59.7 Å². The van der Waals surface area contributed by atoms with Crippen LogP contribution in [0.25, 0.3) is 0 Å². The number of esters is 1. The highest BCUT2D eigenvalue weighted by Crippen LogP contribution is 2.20. The fourth-order valence-electron chi connectivity index (χ4n) is 4.59. The Kier molecular flexibility index (Phi) is 15.9. The van der Waals surface area contributed by atoms with Crippen molar-refractivity contribution >= 4 is 17.6 Å². The Morgan fingerprint density at radius 1 is 0.737 bits per heavy atom. The molecule has 0 bridgehead atoms. The maximum absolute atomic E-state index is 12.3. The van der Waals surface area contributed by atoms with Gasteiger partial charge in [-0.3, -0.25) is 9.59 Å². The Labute approximate surface area is 230 Å². The average Bonchev–Trinajstić information content (AvgIpc) is 2.91. The van der Waals surface area contributed by atoms with Gasteiger partial charge in [0.05, 0.1) is 6.61 Å². The molecule has 0 unspecified atom stereocenters. The smallest absolute Gasteiger partial charge is 0.302 e. The van der Waals surface area contributed by atoms with Crippen LogP contribution in [0.2, 0.25) is 0 Å². The monoisotopic (exact) mass is 523 g/mol. The van der Waals surface area contributed by atoms with Crippen LogP contribution in [0.3, 0.4) is 0 Å². The van der Waals surface area contributed by atoms with E-state index in [1.807, 2.05) is 36.4 Å². The second-order valence-electron chi connectivity index (χ2n) is 10.3. The molecule has 0 atom stereocenters. The zero-order valence-electron chi connectivity index (χ0n) is 24.0. The Morgan fingerprint density at radius 2 is 1.34 bits per heavy atom. The van der Waals surface area contributed by atoms with Gasteiger partial charge < -0.3 is 14.4 Å². The third kappa shape index (κ3) is 13.6. The minimum Gasteiger partial charge on any atom is -0.494 e. The Hall–Kier alpha value is -2.82. The van der Waals surface area contributed by atoms with Crippen LogP contribution in [0.5, 0.6) is 5.75 Å². The number of hydrogen-bond donors (Lipinski definition) is 0. The summed E-state index contributed by atoms with van der Waals surface area (Å²) in [5, 5.41) is 0. The van der Waals surface area contributed by atoms with Crippen LogP contribution in [0.4, 0.5) is 5.69 Å². The molecule has 2 rings (SSSR count). The molecule has 5 heteroatoms. The Bertz CT molecular complexity index is 925. The van der Waals surface area contributed by atoms with Gasteiger partial charge in [-0.2, -0.15) is 0 Å². The molecule has 0 radical (unpaired) electrons. The second kappa shape index (κ2) is 19.3. The van der Waals surface area contributed by atoms with Crippen molar-refractivity contribution in [3.63, 3.8) is 0 Å². The molecule has 1 amide bonds. The maximum atomic E-state index is 12.3. The lowest BCUT2D eigenvalue weighted by Gasteiger charge is -2.22. The first-order chi connectivity index (χ1) is 18.5. The van der Waals surface area contributed by atoms with Crippen LogP contribution in [0.15, 0.2) is 48.5 Å². The van der Waals surface area contributed by atoms with Gasteiger partial charge in [-0.15, -0.1) is 0 Å². The molecule has 0 aliphatic rings. The van der Waals surface area contributed by atoms with Gasteiger partial charge >= 0.3 is 5.97 Å².